The van der Waals surface area contributed by atoms with Crippen LogP contribution < -0.4 is 0 Å². The molecular weight excluding hydrogens is 184 g/mol. The Kier molecular flexibility index (Phi) is 2.31. The zero-order chi connectivity index (χ0) is 10.8. The zero-order valence-electron chi connectivity index (χ0n) is 8.86. The maximum absolute atomic E-state index is 8.96. The van der Waals surface area contributed by atoms with E-state index in [1.165, 1.54) is 11.1 Å². The van der Waals surface area contributed by atoms with Crippen LogP contribution in [0.25, 0.3) is 5.69 Å². The van der Waals surface area contributed by atoms with Gasteiger partial charge in [0.2, 0.25) is 0 Å². The van der Waals surface area contributed by atoms with E-state index in [0.29, 0.717) is 5.69 Å². The normalized spacial score (nSPS) is 9.93. The largest absolute Gasteiger partial charge is 0.308 e. The summed E-state index contributed by atoms with van der Waals surface area (Å²) >= 11 is 0. The highest BCUT2D eigenvalue weighted by Gasteiger charge is 2.05. The molecular formula is C13H12N2. The van der Waals surface area contributed by atoms with Crippen LogP contribution in [0.2, 0.25) is 0 Å². The molecule has 2 aromatic rings. The van der Waals surface area contributed by atoms with Gasteiger partial charge in [0.15, 0.2) is 0 Å². The van der Waals surface area contributed by atoms with Crippen molar-refractivity contribution in [2.24, 2.45) is 0 Å². The van der Waals surface area contributed by atoms with Crippen molar-refractivity contribution in [3.8, 4) is 11.8 Å². The third kappa shape index (κ3) is 1.53. The first-order valence-electron chi connectivity index (χ1n) is 4.88. The Hall–Kier alpha value is -2.01. The van der Waals surface area contributed by atoms with Gasteiger partial charge in [0.25, 0.3) is 0 Å². The predicted molar refractivity (Wildman–Crippen MR) is 60.0 cm³/mol. The van der Waals surface area contributed by atoms with E-state index in [0.717, 1.165) is 5.69 Å². The molecule has 74 valence electrons. The van der Waals surface area contributed by atoms with Crippen molar-refractivity contribution in [1.82, 2.24) is 4.57 Å². The van der Waals surface area contributed by atoms with Crippen molar-refractivity contribution in [2.75, 3.05) is 0 Å². The lowest BCUT2D eigenvalue weighted by Crippen LogP contribution is -1.99. The van der Waals surface area contributed by atoms with Gasteiger partial charge in [0.1, 0.15) is 11.8 Å². The van der Waals surface area contributed by atoms with Gasteiger partial charge in [0.05, 0.1) is 0 Å². The summed E-state index contributed by atoms with van der Waals surface area (Å²) in [4.78, 5) is 0. The fourth-order valence-electron chi connectivity index (χ4n) is 1.68. The molecule has 2 rings (SSSR count). The van der Waals surface area contributed by atoms with E-state index >= 15 is 0 Å². The molecule has 0 bridgehead atoms. The number of nitrogens with zero attached hydrogens (tertiary/aromatic N) is 2. The van der Waals surface area contributed by atoms with Crippen LogP contribution in [-0.4, -0.2) is 4.57 Å². The van der Waals surface area contributed by atoms with Gasteiger partial charge in [-0.05, 0) is 43.2 Å². The summed E-state index contributed by atoms with van der Waals surface area (Å²) in [6, 6.07) is 12.0. The molecule has 1 heterocycles. The maximum Gasteiger partial charge on any atom is 0.124 e. The second-order valence-electron chi connectivity index (χ2n) is 3.59. The van der Waals surface area contributed by atoms with Crippen molar-refractivity contribution < 1.29 is 0 Å². The molecule has 0 aliphatic rings. The van der Waals surface area contributed by atoms with Gasteiger partial charge in [-0.15, -0.1) is 0 Å². The lowest BCUT2D eigenvalue weighted by molar-refractivity contribution is 1.03. The van der Waals surface area contributed by atoms with E-state index in [2.05, 4.69) is 26.0 Å². The summed E-state index contributed by atoms with van der Waals surface area (Å²) in [5.74, 6) is 0. The number of aromatic nitrogens is 1. The Balaban J connectivity index is 2.65. The average molecular weight is 196 g/mol. The van der Waals surface area contributed by atoms with Crippen LogP contribution in [0.4, 0.5) is 0 Å². The lowest BCUT2D eigenvalue weighted by atomic mass is 10.1. The van der Waals surface area contributed by atoms with Crippen molar-refractivity contribution in [2.45, 2.75) is 13.8 Å². The fraction of sp³-hybridized carbons (Fsp3) is 0.154. The molecule has 0 saturated carbocycles. The average Bonchev–Trinajstić information content (AvgIpc) is 2.70. The molecule has 1 aromatic carbocycles. The lowest BCUT2D eigenvalue weighted by Gasteiger charge is -2.10. The van der Waals surface area contributed by atoms with Crippen LogP contribution >= 0.6 is 0 Å². The monoisotopic (exact) mass is 196 g/mol. The van der Waals surface area contributed by atoms with Crippen LogP contribution in [0.1, 0.15) is 16.8 Å². The third-order valence-electron chi connectivity index (χ3n) is 2.70. The summed E-state index contributed by atoms with van der Waals surface area (Å²) in [5.41, 5.74) is 4.20. The Morgan fingerprint density at radius 2 is 1.93 bits per heavy atom. The SMILES string of the molecule is Cc1cccc(-n2cccc2C#N)c1C. The Morgan fingerprint density at radius 1 is 1.13 bits per heavy atom. The quantitative estimate of drug-likeness (QED) is 0.689. The minimum absolute atomic E-state index is 0.670. The molecule has 0 N–H and O–H groups in total. The number of benzene rings is 1. The van der Waals surface area contributed by atoms with Gasteiger partial charge < -0.3 is 4.57 Å². The van der Waals surface area contributed by atoms with E-state index in [4.69, 9.17) is 5.26 Å². The van der Waals surface area contributed by atoms with Gasteiger partial charge >= 0.3 is 0 Å². The highest BCUT2D eigenvalue weighted by Crippen LogP contribution is 2.19. The summed E-state index contributed by atoms with van der Waals surface area (Å²) in [6.45, 7) is 4.15. The molecule has 0 spiro atoms. The Bertz CT molecular complexity index is 530. The predicted octanol–water partition coefficient (Wildman–Crippen LogP) is 2.97. The molecule has 0 atom stereocenters. The minimum Gasteiger partial charge on any atom is -0.308 e. The molecule has 0 unspecified atom stereocenters. The van der Waals surface area contributed by atoms with Crippen LogP contribution in [0.15, 0.2) is 36.5 Å². The second-order valence-corrected chi connectivity index (χ2v) is 3.59. The van der Waals surface area contributed by atoms with Gasteiger partial charge in [-0.2, -0.15) is 5.26 Å². The van der Waals surface area contributed by atoms with E-state index < -0.39 is 0 Å². The zero-order valence-corrected chi connectivity index (χ0v) is 8.86. The van der Waals surface area contributed by atoms with Crippen LogP contribution in [-0.2, 0) is 0 Å². The first kappa shape index (κ1) is 9.54. The van der Waals surface area contributed by atoms with Crippen LogP contribution in [0.3, 0.4) is 0 Å². The number of hydrogen-bond donors (Lipinski definition) is 0. The summed E-state index contributed by atoms with van der Waals surface area (Å²) < 4.78 is 1.92. The van der Waals surface area contributed by atoms with Gasteiger partial charge in [0, 0.05) is 11.9 Å². The topological polar surface area (TPSA) is 28.7 Å². The molecule has 0 radical (unpaired) electrons. The van der Waals surface area contributed by atoms with Crippen LogP contribution in [0.5, 0.6) is 0 Å². The van der Waals surface area contributed by atoms with Crippen molar-refractivity contribution in [1.29, 1.82) is 5.26 Å². The standard InChI is InChI=1S/C13H12N2/c1-10-5-3-7-13(11(10)2)15-8-4-6-12(15)9-14/h3-8H,1-2H3. The smallest absolute Gasteiger partial charge is 0.124 e. The Labute approximate surface area is 89.4 Å². The number of nitriles is 1. The molecule has 2 heteroatoms. The van der Waals surface area contributed by atoms with Gasteiger partial charge in [-0.3, -0.25) is 0 Å². The highest BCUT2D eigenvalue weighted by molar-refractivity contribution is 5.47. The third-order valence-corrected chi connectivity index (χ3v) is 2.70. The minimum atomic E-state index is 0.670. The molecule has 15 heavy (non-hydrogen) atoms. The number of aryl methyl sites for hydroxylation is 1. The van der Waals surface area contributed by atoms with Crippen molar-refractivity contribution >= 4 is 0 Å². The molecule has 0 amide bonds. The van der Waals surface area contributed by atoms with E-state index in [1.807, 2.05) is 35.0 Å². The molecule has 1 aromatic heterocycles. The fourth-order valence-corrected chi connectivity index (χ4v) is 1.68. The first-order chi connectivity index (χ1) is 7.24. The highest BCUT2D eigenvalue weighted by atomic mass is 15.0. The summed E-state index contributed by atoms with van der Waals surface area (Å²) in [6.07, 6.45) is 1.92. The van der Waals surface area contributed by atoms with Gasteiger partial charge in [-0.25, -0.2) is 0 Å². The van der Waals surface area contributed by atoms with Gasteiger partial charge in [-0.1, -0.05) is 12.1 Å². The number of rotatable bonds is 1. The second kappa shape index (κ2) is 3.62. The molecule has 0 aliphatic carbocycles. The number of hydrogen-bond acceptors (Lipinski definition) is 1. The molecule has 0 aliphatic heterocycles. The van der Waals surface area contributed by atoms with E-state index in [1.54, 1.807) is 0 Å². The van der Waals surface area contributed by atoms with E-state index in [9.17, 15) is 0 Å². The summed E-state index contributed by atoms with van der Waals surface area (Å²) in [5, 5.41) is 8.96. The van der Waals surface area contributed by atoms with Crippen LogP contribution in [0, 0.1) is 25.2 Å². The van der Waals surface area contributed by atoms with Crippen molar-refractivity contribution in [3.63, 3.8) is 0 Å². The van der Waals surface area contributed by atoms with E-state index in [-0.39, 0.29) is 0 Å². The molecule has 0 fully saturated rings. The maximum atomic E-state index is 8.96. The first-order valence-corrected chi connectivity index (χ1v) is 4.88. The molecule has 0 saturated heterocycles. The summed E-state index contributed by atoms with van der Waals surface area (Å²) in [7, 11) is 0. The van der Waals surface area contributed by atoms with Crippen molar-refractivity contribution in [3.05, 3.63) is 53.3 Å². The Morgan fingerprint density at radius 3 is 2.67 bits per heavy atom. The molecule has 2 nitrogen and oxygen atoms in total.